The fraction of sp³-hybridized carbons (Fsp3) is 0.438. The standard InChI is InChI=1S/C16H20F3NO3/c1-2-3-4-5-6-10-14(15(21)22)20-12-8-7-9-13(11-12)23-16(17,18)19/h2,7-9,11,14,20H,1,3-6,10H2,(H,21,22)/t14-/m0/s1. The molecule has 0 aromatic heterocycles. The van der Waals surface area contributed by atoms with E-state index < -0.39 is 24.1 Å². The average molecular weight is 331 g/mol. The van der Waals surface area contributed by atoms with Crippen LogP contribution in [0.3, 0.4) is 0 Å². The van der Waals surface area contributed by atoms with Crippen LogP contribution in [0.2, 0.25) is 0 Å². The van der Waals surface area contributed by atoms with E-state index in [-0.39, 0.29) is 5.69 Å². The topological polar surface area (TPSA) is 58.6 Å². The quantitative estimate of drug-likeness (QED) is 0.486. The molecule has 0 aliphatic rings. The third-order valence-corrected chi connectivity index (χ3v) is 3.11. The highest BCUT2D eigenvalue weighted by molar-refractivity contribution is 5.77. The smallest absolute Gasteiger partial charge is 0.480 e. The van der Waals surface area contributed by atoms with Crippen molar-refractivity contribution in [3.8, 4) is 5.75 Å². The van der Waals surface area contributed by atoms with Crippen molar-refractivity contribution in [2.45, 2.75) is 44.5 Å². The number of ether oxygens (including phenoxy) is 1. The molecule has 0 fully saturated rings. The van der Waals surface area contributed by atoms with Gasteiger partial charge in [-0.25, -0.2) is 4.79 Å². The Labute approximate surface area is 133 Å². The minimum atomic E-state index is -4.78. The third kappa shape index (κ3) is 8.13. The maximum absolute atomic E-state index is 12.2. The van der Waals surface area contributed by atoms with Crippen LogP contribution >= 0.6 is 0 Å². The van der Waals surface area contributed by atoms with E-state index >= 15 is 0 Å². The molecule has 7 heteroatoms. The number of nitrogens with one attached hydrogen (secondary N) is 1. The van der Waals surface area contributed by atoms with Crippen LogP contribution in [0.25, 0.3) is 0 Å². The number of hydrogen-bond acceptors (Lipinski definition) is 3. The predicted molar refractivity (Wildman–Crippen MR) is 81.5 cm³/mol. The van der Waals surface area contributed by atoms with Crippen LogP contribution in [0.15, 0.2) is 36.9 Å². The number of allylic oxidation sites excluding steroid dienone is 1. The van der Waals surface area contributed by atoms with Crippen molar-refractivity contribution in [2.24, 2.45) is 0 Å². The number of alkyl halides is 3. The molecule has 0 heterocycles. The molecule has 1 aromatic carbocycles. The van der Waals surface area contributed by atoms with Gasteiger partial charge in [0.15, 0.2) is 0 Å². The summed E-state index contributed by atoms with van der Waals surface area (Å²) in [5, 5.41) is 11.9. The second-order valence-electron chi connectivity index (χ2n) is 5.04. The molecular weight excluding hydrogens is 311 g/mol. The van der Waals surface area contributed by atoms with Gasteiger partial charge in [-0.05, 0) is 31.4 Å². The first-order chi connectivity index (χ1) is 10.8. The molecule has 0 amide bonds. The third-order valence-electron chi connectivity index (χ3n) is 3.11. The summed E-state index contributed by atoms with van der Waals surface area (Å²) in [6, 6.07) is 4.29. The second kappa shape index (κ2) is 9.07. The molecule has 0 aliphatic carbocycles. The van der Waals surface area contributed by atoms with Gasteiger partial charge in [0.2, 0.25) is 0 Å². The predicted octanol–water partition coefficient (Wildman–Crippen LogP) is 4.59. The van der Waals surface area contributed by atoms with E-state index in [1.54, 1.807) is 6.08 Å². The Morgan fingerprint density at radius 1 is 1.35 bits per heavy atom. The number of aliphatic carboxylic acids is 1. The number of carboxylic acids is 1. The van der Waals surface area contributed by atoms with Gasteiger partial charge >= 0.3 is 12.3 Å². The fourth-order valence-corrected chi connectivity index (χ4v) is 2.06. The molecule has 4 nitrogen and oxygen atoms in total. The van der Waals surface area contributed by atoms with Gasteiger partial charge in [-0.1, -0.05) is 25.0 Å². The van der Waals surface area contributed by atoms with Crippen molar-refractivity contribution in [1.82, 2.24) is 0 Å². The van der Waals surface area contributed by atoms with Gasteiger partial charge in [0.1, 0.15) is 11.8 Å². The first kappa shape index (κ1) is 18.9. The monoisotopic (exact) mass is 331 g/mol. The summed E-state index contributed by atoms with van der Waals surface area (Å²) in [5.41, 5.74) is 0.269. The van der Waals surface area contributed by atoms with E-state index in [1.807, 2.05) is 0 Å². The number of unbranched alkanes of at least 4 members (excludes halogenated alkanes) is 3. The summed E-state index contributed by atoms with van der Waals surface area (Å²) < 4.78 is 40.4. The van der Waals surface area contributed by atoms with Gasteiger partial charge in [-0.3, -0.25) is 0 Å². The molecule has 0 saturated carbocycles. The van der Waals surface area contributed by atoms with Crippen LogP contribution < -0.4 is 10.1 Å². The van der Waals surface area contributed by atoms with Crippen LogP contribution in [0, 0.1) is 0 Å². The van der Waals surface area contributed by atoms with E-state index in [9.17, 15) is 23.1 Å². The van der Waals surface area contributed by atoms with Crippen LogP contribution in [0.1, 0.15) is 32.1 Å². The number of carboxylic acid groups (broad SMARTS) is 1. The highest BCUT2D eigenvalue weighted by atomic mass is 19.4. The van der Waals surface area contributed by atoms with Crippen LogP contribution in [-0.4, -0.2) is 23.5 Å². The van der Waals surface area contributed by atoms with Gasteiger partial charge in [-0.2, -0.15) is 0 Å². The normalized spacial score (nSPS) is 12.5. The largest absolute Gasteiger partial charge is 0.573 e. The molecule has 1 rings (SSSR count). The number of carbonyl (C=O) groups is 1. The number of anilines is 1. The van der Waals surface area contributed by atoms with Crippen LogP contribution in [0.5, 0.6) is 5.75 Å². The lowest BCUT2D eigenvalue weighted by atomic mass is 10.1. The Balaban J connectivity index is 2.60. The van der Waals surface area contributed by atoms with E-state index in [1.165, 1.54) is 12.1 Å². The summed E-state index contributed by atoms with van der Waals surface area (Å²) in [6.07, 6.45) is 0.796. The van der Waals surface area contributed by atoms with E-state index in [4.69, 9.17) is 0 Å². The minimum absolute atomic E-state index is 0.269. The van der Waals surface area contributed by atoms with Gasteiger partial charge in [0, 0.05) is 11.8 Å². The Hall–Kier alpha value is -2.18. The zero-order valence-electron chi connectivity index (χ0n) is 12.6. The average Bonchev–Trinajstić information content (AvgIpc) is 2.44. The lowest BCUT2D eigenvalue weighted by Crippen LogP contribution is -2.29. The number of hydrogen-bond donors (Lipinski definition) is 2. The van der Waals surface area contributed by atoms with Crippen molar-refractivity contribution in [3.05, 3.63) is 36.9 Å². The molecule has 23 heavy (non-hydrogen) atoms. The maximum Gasteiger partial charge on any atom is 0.573 e. The Kier molecular flexibility index (Phi) is 7.44. The first-order valence-electron chi connectivity index (χ1n) is 7.28. The van der Waals surface area contributed by atoms with Gasteiger partial charge in [0.05, 0.1) is 0 Å². The summed E-state index contributed by atoms with van der Waals surface area (Å²) >= 11 is 0. The molecule has 1 atom stereocenters. The van der Waals surface area contributed by atoms with Gasteiger partial charge in [0.25, 0.3) is 0 Å². The zero-order valence-corrected chi connectivity index (χ0v) is 12.6. The molecule has 0 unspecified atom stereocenters. The Bertz CT molecular complexity index is 518. The fourth-order valence-electron chi connectivity index (χ4n) is 2.06. The first-order valence-corrected chi connectivity index (χ1v) is 7.28. The highest BCUT2D eigenvalue weighted by Gasteiger charge is 2.31. The molecule has 0 bridgehead atoms. The van der Waals surface area contributed by atoms with Crippen molar-refractivity contribution >= 4 is 11.7 Å². The summed E-state index contributed by atoms with van der Waals surface area (Å²) in [5.74, 6) is -1.44. The lowest BCUT2D eigenvalue weighted by molar-refractivity contribution is -0.274. The van der Waals surface area contributed by atoms with Gasteiger partial charge < -0.3 is 15.2 Å². The maximum atomic E-state index is 12.2. The number of halogens is 3. The second-order valence-corrected chi connectivity index (χ2v) is 5.04. The Morgan fingerprint density at radius 2 is 2.09 bits per heavy atom. The molecule has 1 aromatic rings. The summed E-state index contributed by atoms with van der Waals surface area (Å²) in [6.45, 7) is 3.61. The van der Waals surface area contributed by atoms with Crippen molar-refractivity contribution in [2.75, 3.05) is 5.32 Å². The van der Waals surface area contributed by atoms with Crippen LogP contribution in [0.4, 0.5) is 18.9 Å². The number of benzene rings is 1. The highest BCUT2D eigenvalue weighted by Crippen LogP contribution is 2.25. The molecule has 0 spiro atoms. The van der Waals surface area contributed by atoms with Crippen molar-refractivity contribution in [3.63, 3.8) is 0 Å². The van der Waals surface area contributed by atoms with E-state index in [2.05, 4.69) is 16.6 Å². The molecule has 0 aliphatic heterocycles. The van der Waals surface area contributed by atoms with Crippen molar-refractivity contribution < 1.29 is 27.8 Å². The van der Waals surface area contributed by atoms with Gasteiger partial charge in [-0.15, -0.1) is 19.8 Å². The Morgan fingerprint density at radius 3 is 2.70 bits per heavy atom. The summed E-state index contributed by atoms with van der Waals surface area (Å²) in [4.78, 5) is 11.2. The SMILES string of the molecule is C=CCCCCC[C@H](Nc1cccc(OC(F)(F)F)c1)C(=O)O. The minimum Gasteiger partial charge on any atom is -0.480 e. The zero-order chi connectivity index (χ0) is 17.3. The van der Waals surface area contributed by atoms with E-state index in [0.29, 0.717) is 12.8 Å². The van der Waals surface area contributed by atoms with Crippen LogP contribution in [-0.2, 0) is 4.79 Å². The lowest BCUT2D eigenvalue weighted by Gasteiger charge is -2.17. The van der Waals surface area contributed by atoms with Crippen molar-refractivity contribution in [1.29, 1.82) is 0 Å². The molecule has 0 radical (unpaired) electrons. The molecule has 2 N–H and O–H groups in total. The summed E-state index contributed by atoms with van der Waals surface area (Å²) in [7, 11) is 0. The molecule has 128 valence electrons. The molecule has 0 saturated heterocycles. The number of rotatable bonds is 10. The molecular formula is C16H20F3NO3. The van der Waals surface area contributed by atoms with E-state index in [0.717, 1.165) is 31.4 Å².